The van der Waals surface area contributed by atoms with Crippen molar-refractivity contribution >= 4 is 5.91 Å². The topological polar surface area (TPSA) is 38.1 Å². The van der Waals surface area contributed by atoms with E-state index >= 15 is 0 Å². The Morgan fingerprint density at radius 3 is 2.68 bits per heavy atom. The molecule has 1 aromatic heterocycles. The van der Waals surface area contributed by atoms with E-state index < -0.39 is 0 Å². The predicted octanol–water partition coefficient (Wildman–Crippen LogP) is 1.99. The number of aromatic nitrogens is 2. The van der Waals surface area contributed by atoms with Gasteiger partial charge >= 0.3 is 0 Å². The van der Waals surface area contributed by atoms with E-state index in [0.717, 1.165) is 12.1 Å². The fourth-order valence-electron chi connectivity index (χ4n) is 2.61. The number of hydrogen-bond acceptors (Lipinski definition) is 2. The van der Waals surface area contributed by atoms with Crippen LogP contribution in [0.4, 0.5) is 0 Å². The van der Waals surface area contributed by atoms with Crippen molar-refractivity contribution in [2.45, 2.75) is 33.7 Å². The van der Waals surface area contributed by atoms with Gasteiger partial charge in [-0.2, -0.15) is 5.10 Å². The summed E-state index contributed by atoms with van der Waals surface area (Å²) in [5.41, 5.74) is 1.16. The van der Waals surface area contributed by atoms with Crippen molar-refractivity contribution in [2.24, 2.45) is 18.4 Å². The zero-order valence-electron chi connectivity index (χ0n) is 12.3. The number of carbonyl (C=O) groups excluding carboxylic acids is 1. The lowest BCUT2D eigenvalue weighted by atomic mass is 9.72. The highest BCUT2D eigenvalue weighted by molar-refractivity contribution is 5.94. The predicted molar refractivity (Wildman–Crippen MR) is 74.1 cm³/mol. The lowest BCUT2D eigenvalue weighted by molar-refractivity contribution is -0.145. The molecule has 1 atom stereocenters. The van der Waals surface area contributed by atoms with Crippen LogP contribution < -0.4 is 0 Å². The Kier molecular flexibility index (Phi) is 3.40. The third-order valence-electron chi connectivity index (χ3n) is 3.40. The molecule has 1 aromatic rings. The number of rotatable bonds is 1. The highest BCUT2D eigenvalue weighted by Gasteiger charge is 2.49. The molecule has 1 unspecified atom stereocenters. The molecule has 2 heterocycles. The summed E-state index contributed by atoms with van der Waals surface area (Å²) in [6.45, 7) is 9.06. The Morgan fingerprint density at radius 1 is 1.53 bits per heavy atom. The van der Waals surface area contributed by atoms with E-state index in [9.17, 15) is 4.79 Å². The SMILES string of the molecule is CC(C)C#CC(=O)N1CC(C)(C)C1c1cnn(C)c1. The van der Waals surface area contributed by atoms with Crippen LogP contribution in [0.25, 0.3) is 0 Å². The van der Waals surface area contributed by atoms with Crippen LogP contribution in [0.2, 0.25) is 0 Å². The number of carbonyl (C=O) groups is 1. The van der Waals surface area contributed by atoms with Crippen LogP contribution in [0.15, 0.2) is 12.4 Å². The van der Waals surface area contributed by atoms with Crippen molar-refractivity contribution in [2.75, 3.05) is 6.54 Å². The Morgan fingerprint density at radius 2 is 2.21 bits per heavy atom. The Balaban J connectivity index is 2.20. The number of likely N-dealkylation sites (tertiary alicyclic amines) is 1. The van der Waals surface area contributed by atoms with Crippen LogP contribution in [0.5, 0.6) is 0 Å². The largest absolute Gasteiger partial charge is 0.323 e. The maximum Gasteiger partial charge on any atom is 0.299 e. The van der Waals surface area contributed by atoms with Crippen molar-refractivity contribution in [3.63, 3.8) is 0 Å². The van der Waals surface area contributed by atoms with Gasteiger partial charge in [-0.1, -0.05) is 33.6 Å². The molecule has 1 aliphatic heterocycles. The summed E-state index contributed by atoms with van der Waals surface area (Å²) in [6, 6.07) is 0.0789. The summed E-state index contributed by atoms with van der Waals surface area (Å²) < 4.78 is 1.77. The van der Waals surface area contributed by atoms with Crippen LogP contribution in [0.3, 0.4) is 0 Å². The minimum atomic E-state index is -0.0816. The van der Waals surface area contributed by atoms with Crippen LogP contribution >= 0.6 is 0 Å². The van der Waals surface area contributed by atoms with Crippen molar-refractivity contribution in [1.82, 2.24) is 14.7 Å². The van der Waals surface area contributed by atoms with E-state index in [2.05, 4.69) is 30.8 Å². The van der Waals surface area contributed by atoms with Gasteiger partial charge in [0.1, 0.15) is 0 Å². The lowest BCUT2D eigenvalue weighted by Gasteiger charge is -2.53. The number of hydrogen-bond donors (Lipinski definition) is 0. The minimum Gasteiger partial charge on any atom is -0.323 e. The van der Waals surface area contributed by atoms with E-state index in [1.165, 1.54) is 0 Å². The molecule has 1 amide bonds. The average molecular weight is 259 g/mol. The molecule has 4 nitrogen and oxygen atoms in total. The first-order valence-electron chi connectivity index (χ1n) is 6.62. The number of amides is 1. The molecule has 0 aliphatic carbocycles. The van der Waals surface area contributed by atoms with Gasteiger partial charge in [-0.25, -0.2) is 0 Å². The van der Waals surface area contributed by atoms with E-state index in [0.29, 0.717) is 0 Å². The van der Waals surface area contributed by atoms with Crippen molar-refractivity contribution in [1.29, 1.82) is 0 Å². The molecule has 0 bridgehead atoms. The molecular formula is C15H21N3O. The van der Waals surface area contributed by atoms with Crippen molar-refractivity contribution in [3.05, 3.63) is 18.0 Å². The summed E-state index contributed by atoms with van der Waals surface area (Å²) in [4.78, 5) is 14.0. The summed E-state index contributed by atoms with van der Waals surface area (Å²) in [7, 11) is 1.89. The fraction of sp³-hybridized carbons (Fsp3) is 0.600. The maximum absolute atomic E-state index is 12.1. The van der Waals surface area contributed by atoms with Crippen LogP contribution in [0.1, 0.15) is 39.3 Å². The first kappa shape index (κ1) is 13.7. The second-order valence-electron chi connectivity index (χ2n) is 6.20. The summed E-state index contributed by atoms with van der Waals surface area (Å²) in [6.07, 6.45) is 3.81. The van der Waals surface area contributed by atoms with Gasteiger partial charge in [-0.3, -0.25) is 9.48 Å². The monoisotopic (exact) mass is 259 g/mol. The summed E-state index contributed by atoms with van der Waals surface area (Å²) >= 11 is 0. The molecule has 19 heavy (non-hydrogen) atoms. The van der Waals surface area contributed by atoms with Gasteiger partial charge in [0, 0.05) is 36.7 Å². The van der Waals surface area contributed by atoms with Gasteiger partial charge in [0.15, 0.2) is 0 Å². The van der Waals surface area contributed by atoms with E-state index in [1.807, 2.05) is 38.2 Å². The molecule has 0 saturated carbocycles. The van der Waals surface area contributed by atoms with Gasteiger partial charge in [0.2, 0.25) is 0 Å². The van der Waals surface area contributed by atoms with Crippen molar-refractivity contribution < 1.29 is 4.79 Å². The first-order valence-corrected chi connectivity index (χ1v) is 6.62. The first-order chi connectivity index (χ1) is 8.81. The molecule has 102 valence electrons. The molecular weight excluding hydrogens is 238 g/mol. The number of aryl methyl sites for hydroxylation is 1. The Labute approximate surface area is 114 Å². The molecule has 1 saturated heterocycles. The average Bonchev–Trinajstić information content (AvgIpc) is 2.69. The van der Waals surface area contributed by atoms with E-state index in [-0.39, 0.29) is 23.3 Å². The second-order valence-corrected chi connectivity index (χ2v) is 6.20. The van der Waals surface area contributed by atoms with E-state index in [4.69, 9.17) is 0 Å². The fourth-order valence-corrected chi connectivity index (χ4v) is 2.61. The zero-order chi connectivity index (χ0) is 14.2. The van der Waals surface area contributed by atoms with Gasteiger partial charge in [-0.05, 0) is 5.92 Å². The molecule has 1 aliphatic rings. The molecule has 1 fully saturated rings. The van der Waals surface area contributed by atoms with Crippen LogP contribution in [-0.4, -0.2) is 27.1 Å². The third-order valence-corrected chi connectivity index (χ3v) is 3.40. The third kappa shape index (κ3) is 2.65. The number of nitrogens with zero attached hydrogens (tertiary/aromatic N) is 3. The molecule has 2 rings (SSSR count). The molecule has 0 spiro atoms. The van der Waals surface area contributed by atoms with Gasteiger partial charge in [0.25, 0.3) is 5.91 Å². The Hall–Kier alpha value is -1.76. The zero-order valence-corrected chi connectivity index (χ0v) is 12.3. The Bertz CT molecular complexity index is 545. The summed E-state index contributed by atoms with van der Waals surface area (Å²) in [5.74, 6) is 5.81. The maximum atomic E-state index is 12.1. The smallest absolute Gasteiger partial charge is 0.299 e. The van der Waals surface area contributed by atoms with Gasteiger partial charge < -0.3 is 4.90 Å². The molecule has 0 radical (unpaired) electrons. The summed E-state index contributed by atoms with van der Waals surface area (Å²) in [5, 5.41) is 4.20. The molecule has 4 heteroatoms. The highest BCUT2D eigenvalue weighted by atomic mass is 16.2. The lowest BCUT2D eigenvalue weighted by Crippen LogP contribution is -2.57. The van der Waals surface area contributed by atoms with Crippen LogP contribution in [0, 0.1) is 23.2 Å². The van der Waals surface area contributed by atoms with Crippen molar-refractivity contribution in [3.8, 4) is 11.8 Å². The van der Waals surface area contributed by atoms with Gasteiger partial charge in [0.05, 0.1) is 12.2 Å². The van der Waals surface area contributed by atoms with Crippen LogP contribution in [-0.2, 0) is 11.8 Å². The quantitative estimate of drug-likeness (QED) is 0.723. The van der Waals surface area contributed by atoms with Gasteiger partial charge in [-0.15, -0.1) is 0 Å². The molecule has 0 N–H and O–H groups in total. The standard InChI is InChI=1S/C15H21N3O/c1-11(2)6-7-13(19)18-10-15(3,4)14(18)12-8-16-17(5)9-12/h8-9,11,14H,10H2,1-5H3. The molecule has 0 aromatic carbocycles. The second kappa shape index (κ2) is 4.73. The highest BCUT2D eigenvalue weighted by Crippen LogP contribution is 2.47. The normalized spacial score (nSPS) is 20.7. The van der Waals surface area contributed by atoms with E-state index in [1.54, 1.807) is 4.68 Å². The minimum absolute atomic E-state index is 0.0789.